The molecule has 0 saturated carbocycles. The van der Waals surface area contributed by atoms with E-state index in [9.17, 15) is 4.79 Å². The fraction of sp³-hybridized carbons (Fsp3) is 0.294. The maximum Gasteiger partial charge on any atom is 0.238 e. The van der Waals surface area contributed by atoms with Gasteiger partial charge in [0.05, 0.1) is 12.2 Å². The highest BCUT2D eigenvalue weighted by atomic mass is 79.9. The molecule has 0 spiro atoms. The quantitative estimate of drug-likeness (QED) is 0.812. The molecule has 0 radical (unpaired) electrons. The lowest BCUT2D eigenvalue weighted by atomic mass is 10.1. The van der Waals surface area contributed by atoms with Crippen LogP contribution in [0.5, 0.6) is 0 Å². The van der Waals surface area contributed by atoms with Crippen molar-refractivity contribution in [3.8, 4) is 0 Å². The Labute approximate surface area is 156 Å². The molecule has 128 valence electrons. The number of benzene rings is 1. The highest BCUT2D eigenvalue weighted by Crippen LogP contribution is 2.23. The van der Waals surface area contributed by atoms with E-state index in [4.69, 9.17) is 0 Å². The van der Waals surface area contributed by atoms with E-state index in [1.165, 1.54) is 0 Å². The SMILES string of the molecule is Cl.O=C(CN1CCNCC1c1cccnc1)Nc1ccccc1Br. The van der Waals surface area contributed by atoms with Gasteiger partial charge in [0.25, 0.3) is 0 Å². The molecule has 1 unspecified atom stereocenters. The van der Waals surface area contributed by atoms with Crippen LogP contribution >= 0.6 is 28.3 Å². The normalized spacial score (nSPS) is 17.8. The average molecular weight is 412 g/mol. The Morgan fingerprint density at radius 3 is 2.92 bits per heavy atom. The molecule has 2 N–H and O–H groups in total. The standard InChI is InChI=1S/C17H19BrN4O.ClH/c18-14-5-1-2-6-15(14)21-17(23)12-22-9-8-20-11-16(22)13-4-3-7-19-10-13;/h1-7,10,16,20H,8-9,11-12H2,(H,21,23);1H. The van der Waals surface area contributed by atoms with Crippen molar-refractivity contribution in [1.82, 2.24) is 15.2 Å². The third-order valence-electron chi connectivity index (χ3n) is 3.92. The fourth-order valence-corrected chi connectivity index (χ4v) is 3.16. The summed E-state index contributed by atoms with van der Waals surface area (Å²) < 4.78 is 0.887. The molecule has 1 aliphatic heterocycles. The lowest BCUT2D eigenvalue weighted by Crippen LogP contribution is -2.48. The van der Waals surface area contributed by atoms with Gasteiger partial charge < -0.3 is 10.6 Å². The predicted octanol–water partition coefficient (Wildman–Crippen LogP) is 2.85. The molecule has 1 aliphatic rings. The molecule has 24 heavy (non-hydrogen) atoms. The van der Waals surface area contributed by atoms with E-state index in [1.807, 2.05) is 36.5 Å². The largest absolute Gasteiger partial charge is 0.324 e. The molecule has 7 heteroatoms. The summed E-state index contributed by atoms with van der Waals surface area (Å²) in [6.45, 7) is 2.92. The average Bonchev–Trinajstić information content (AvgIpc) is 2.58. The second-order valence-corrected chi connectivity index (χ2v) is 6.36. The van der Waals surface area contributed by atoms with Gasteiger partial charge in [-0.2, -0.15) is 0 Å². The zero-order valence-electron chi connectivity index (χ0n) is 13.1. The van der Waals surface area contributed by atoms with Gasteiger partial charge in [0.1, 0.15) is 0 Å². The first kappa shape index (κ1) is 18.9. The van der Waals surface area contributed by atoms with Crippen LogP contribution in [0.2, 0.25) is 0 Å². The number of para-hydroxylation sites is 1. The fourth-order valence-electron chi connectivity index (χ4n) is 2.77. The van der Waals surface area contributed by atoms with Crippen molar-refractivity contribution in [2.75, 3.05) is 31.5 Å². The van der Waals surface area contributed by atoms with Crippen LogP contribution in [0.15, 0.2) is 53.3 Å². The van der Waals surface area contributed by atoms with E-state index in [-0.39, 0.29) is 24.4 Å². The van der Waals surface area contributed by atoms with Gasteiger partial charge in [-0.05, 0) is 39.7 Å². The smallest absolute Gasteiger partial charge is 0.238 e. The number of halogens is 2. The van der Waals surface area contributed by atoms with Crippen molar-refractivity contribution in [2.45, 2.75) is 6.04 Å². The predicted molar refractivity (Wildman–Crippen MR) is 101 cm³/mol. The van der Waals surface area contributed by atoms with E-state index in [0.29, 0.717) is 6.54 Å². The number of hydrogen-bond donors (Lipinski definition) is 2. The summed E-state index contributed by atoms with van der Waals surface area (Å²) in [6.07, 6.45) is 3.64. The summed E-state index contributed by atoms with van der Waals surface area (Å²) in [5.41, 5.74) is 1.93. The number of piperazine rings is 1. The first-order valence-corrected chi connectivity index (χ1v) is 8.42. The van der Waals surface area contributed by atoms with E-state index in [2.05, 4.69) is 42.5 Å². The van der Waals surface area contributed by atoms with E-state index in [0.717, 1.165) is 35.4 Å². The zero-order valence-corrected chi connectivity index (χ0v) is 15.5. The first-order chi connectivity index (χ1) is 11.2. The van der Waals surface area contributed by atoms with Crippen molar-refractivity contribution in [1.29, 1.82) is 0 Å². The van der Waals surface area contributed by atoms with Gasteiger partial charge in [-0.15, -0.1) is 12.4 Å². The first-order valence-electron chi connectivity index (χ1n) is 7.63. The highest BCUT2D eigenvalue weighted by molar-refractivity contribution is 9.10. The number of nitrogens with one attached hydrogen (secondary N) is 2. The molecule has 1 saturated heterocycles. The minimum Gasteiger partial charge on any atom is -0.324 e. The molecule has 0 bridgehead atoms. The molecule has 5 nitrogen and oxygen atoms in total. The topological polar surface area (TPSA) is 57.3 Å². The van der Waals surface area contributed by atoms with Gasteiger partial charge in [0.15, 0.2) is 0 Å². The van der Waals surface area contributed by atoms with Crippen LogP contribution in [0, 0.1) is 0 Å². The lowest BCUT2D eigenvalue weighted by molar-refractivity contribution is -0.118. The number of hydrogen-bond acceptors (Lipinski definition) is 4. The Balaban J connectivity index is 0.00000208. The molecule has 0 aliphatic carbocycles. The molecular formula is C17H20BrClN4O. The Morgan fingerprint density at radius 2 is 2.17 bits per heavy atom. The van der Waals surface area contributed by atoms with Gasteiger partial charge in [-0.3, -0.25) is 14.7 Å². The minimum atomic E-state index is -0.00677. The Morgan fingerprint density at radius 1 is 1.33 bits per heavy atom. The molecule has 1 amide bonds. The van der Waals surface area contributed by atoms with Crippen molar-refractivity contribution in [3.63, 3.8) is 0 Å². The number of carbonyl (C=O) groups is 1. The minimum absolute atomic E-state index is 0. The van der Waals surface area contributed by atoms with Crippen molar-refractivity contribution < 1.29 is 4.79 Å². The summed E-state index contributed by atoms with van der Waals surface area (Å²) in [5, 5.41) is 6.35. The molecule has 1 atom stereocenters. The summed E-state index contributed by atoms with van der Waals surface area (Å²) in [7, 11) is 0. The van der Waals surface area contributed by atoms with E-state index >= 15 is 0 Å². The molecule has 2 heterocycles. The molecule has 3 rings (SSSR count). The number of amides is 1. The number of carbonyl (C=O) groups excluding carboxylic acids is 1. The number of anilines is 1. The lowest BCUT2D eigenvalue weighted by Gasteiger charge is -2.35. The number of rotatable bonds is 4. The Bertz CT molecular complexity index is 671. The number of pyridine rings is 1. The van der Waals surface area contributed by atoms with Crippen LogP contribution in [0.3, 0.4) is 0 Å². The Hall–Kier alpha value is -1.47. The number of aromatic nitrogens is 1. The van der Waals surface area contributed by atoms with E-state index < -0.39 is 0 Å². The van der Waals surface area contributed by atoms with Crippen LogP contribution in [0.25, 0.3) is 0 Å². The molecule has 1 aromatic carbocycles. The summed E-state index contributed by atoms with van der Waals surface area (Å²) >= 11 is 3.45. The van der Waals surface area contributed by atoms with Crippen LogP contribution < -0.4 is 10.6 Å². The van der Waals surface area contributed by atoms with Gasteiger partial charge in [0.2, 0.25) is 5.91 Å². The third-order valence-corrected chi connectivity index (χ3v) is 4.61. The molecule has 1 aromatic heterocycles. The third kappa shape index (κ3) is 4.77. The summed E-state index contributed by atoms with van der Waals surface area (Å²) in [5.74, 6) is -0.00677. The maximum atomic E-state index is 12.4. The summed E-state index contributed by atoms with van der Waals surface area (Å²) in [4.78, 5) is 18.8. The highest BCUT2D eigenvalue weighted by Gasteiger charge is 2.25. The second kappa shape index (κ2) is 9.13. The van der Waals surface area contributed by atoms with Gasteiger partial charge in [-0.1, -0.05) is 18.2 Å². The van der Waals surface area contributed by atoms with Gasteiger partial charge >= 0.3 is 0 Å². The zero-order chi connectivity index (χ0) is 16.1. The van der Waals surface area contributed by atoms with E-state index in [1.54, 1.807) is 6.20 Å². The molecular weight excluding hydrogens is 392 g/mol. The maximum absolute atomic E-state index is 12.4. The molecule has 1 fully saturated rings. The van der Waals surface area contributed by atoms with Gasteiger partial charge in [-0.25, -0.2) is 0 Å². The summed E-state index contributed by atoms with van der Waals surface area (Å²) in [6, 6.07) is 11.8. The number of nitrogens with zero attached hydrogens (tertiary/aromatic N) is 2. The van der Waals surface area contributed by atoms with Crippen LogP contribution in [0.4, 0.5) is 5.69 Å². The van der Waals surface area contributed by atoms with Crippen molar-refractivity contribution >= 4 is 39.9 Å². The van der Waals surface area contributed by atoms with Crippen LogP contribution in [-0.2, 0) is 4.79 Å². The molecule has 2 aromatic rings. The Kier molecular flexibility index (Phi) is 7.17. The van der Waals surface area contributed by atoms with Crippen molar-refractivity contribution in [3.05, 3.63) is 58.8 Å². The monoisotopic (exact) mass is 410 g/mol. The van der Waals surface area contributed by atoms with Gasteiger partial charge in [0, 0.05) is 42.5 Å². The van der Waals surface area contributed by atoms with Crippen molar-refractivity contribution in [2.24, 2.45) is 0 Å². The second-order valence-electron chi connectivity index (χ2n) is 5.50. The van der Waals surface area contributed by atoms with Crippen LogP contribution in [-0.4, -0.2) is 42.0 Å². The van der Waals surface area contributed by atoms with Crippen LogP contribution in [0.1, 0.15) is 11.6 Å².